The molecule has 4 rings (SSSR count). The molecule has 23 nitrogen and oxygen atoms in total. The van der Waals surface area contributed by atoms with E-state index < -0.39 is 138 Å². The summed E-state index contributed by atoms with van der Waals surface area (Å²) >= 11 is 0. The summed E-state index contributed by atoms with van der Waals surface area (Å²) in [5.74, 6) is -3.31. The maximum atomic E-state index is 12.4. The number of aromatic hydroxyl groups is 1. The number of nitrogens with one attached hydrogen (secondary N) is 1. The van der Waals surface area contributed by atoms with Crippen molar-refractivity contribution in [1.82, 2.24) is 0 Å². The van der Waals surface area contributed by atoms with Gasteiger partial charge >= 0.3 is 118 Å². The first kappa shape index (κ1) is 59.2. The molecule has 0 fully saturated rings. The van der Waals surface area contributed by atoms with E-state index in [-0.39, 0.29) is 124 Å². The van der Waals surface area contributed by atoms with Crippen molar-refractivity contribution >= 4 is 99.6 Å². The van der Waals surface area contributed by atoms with Gasteiger partial charge in [-0.3, -0.25) is 4.18 Å². The van der Waals surface area contributed by atoms with Gasteiger partial charge < -0.3 is 28.6 Å². The second-order valence-electron chi connectivity index (χ2n) is 10.7. The number of hydrogen-bond acceptors (Lipinski definition) is 23. The first-order valence-corrected chi connectivity index (χ1v) is 23.3. The van der Waals surface area contributed by atoms with Crippen LogP contribution in [0.2, 0.25) is 0 Å². The molecule has 0 heterocycles. The third kappa shape index (κ3) is 16.0. The van der Waals surface area contributed by atoms with Crippen molar-refractivity contribution in [2.45, 2.75) is 19.6 Å². The van der Waals surface area contributed by atoms with Crippen LogP contribution in [0.3, 0.4) is 0 Å². The average Bonchev–Trinajstić information content (AvgIpc) is 3.07. The van der Waals surface area contributed by atoms with Crippen LogP contribution in [-0.2, 0) is 64.6 Å². The minimum Gasteiger partial charge on any atom is -0.747 e. The number of phenolic OH excluding ortho intramolecular Hbond substituents is 1. The summed E-state index contributed by atoms with van der Waals surface area (Å²) in [6.07, 6.45) is 0. The van der Waals surface area contributed by atoms with Crippen molar-refractivity contribution in [2.75, 3.05) is 23.6 Å². The Bertz CT molecular complexity index is 3010. The molecule has 0 aliphatic carbocycles. The Hall–Kier alpha value is -0.820. The first-order chi connectivity index (χ1) is 25.6. The molecule has 0 amide bonds. The Balaban J connectivity index is 0.00000870. The van der Waals surface area contributed by atoms with E-state index in [9.17, 15) is 73.8 Å². The molecule has 0 aromatic heterocycles. The minimum atomic E-state index is -5.62. The Labute approximate surface area is 431 Å². The number of rotatable bonds is 16. The van der Waals surface area contributed by atoms with Crippen molar-refractivity contribution in [3.8, 4) is 5.75 Å². The van der Waals surface area contributed by atoms with Gasteiger partial charge in [0.2, 0.25) is 10.4 Å². The van der Waals surface area contributed by atoms with Crippen molar-refractivity contribution in [2.24, 2.45) is 20.5 Å². The molecule has 4 aromatic rings. The second-order valence-corrected chi connectivity index (χ2v) is 19.9. The number of nitrogens with zero attached hydrogens (tertiary/aromatic N) is 4. The molecular weight excluding hydrogens is 967 g/mol. The van der Waals surface area contributed by atoms with E-state index in [2.05, 4.69) is 36.5 Å². The van der Waals surface area contributed by atoms with Crippen molar-refractivity contribution in [1.29, 1.82) is 0 Å². The van der Waals surface area contributed by atoms with Crippen LogP contribution in [0.5, 0.6) is 5.75 Å². The van der Waals surface area contributed by atoms with Crippen LogP contribution in [0.4, 0.5) is 28.4 Å². The summed E-state index contributed by atoms with van der Waals surface area (Å²) in [5.41, 5.74) is -3.08. The summed E-state index contributed by atoms with van der Waals surface area (Å²) in [7, 11) is -29.8. The van der Waals surface area contributed by atoms with Crippen LogP contribution in [0, 0.1) is 0 Å². The number of phenols is 1. The molecule has 302 valence electrons. The molecule has 0 spiro atoms. The minimum absolute atomic E-state index is 0. The Morgan fingerprint density at radius 2 is 1.20 bits per heavy atom. The largest absolute Gasteiger partial charge is 1.00 e. The van der Waals surface area contributed by atoms with Crippen LogP contribution in [-0.4, -0.2) is 92.1 Å². The molecule has 0 bridgehead atoms. The molecule has 0 aliphatic rings. The fourth-order valence-corrected chi connectivity index (χ4v) is 8.35. The van der Waals surface area contributed by atoms with Crippen molar-refractivity contribution < 1.29 is 196 Å². The zero-order valence-corrected chi connectivity index (χ0v) is 44.2. The Morgan fingerprint density at radius 3 is 1.72 bits per heavy atom. The van der Waals surface area contributed by atoms with Gasteiger partial charge in [-0.25, -0.2) is 50.5 Å². The summed E-state index contributed by atoms with van der Waals surface area (Å²) in [6, 6.07) is 8.55. The quantitative estimate of drug-likeness (QED) is 0.0455. The van der Waals surface area contributed by atoms with Crippen LogP contribution in [0.25, 0.3) is 10.8 Å². The summed E-state index contributed by atoms with van der Waals surface area (Å²) in [5, 5.41) is 27.6. The van der Waals surface area contributed by atoms with Gasteiger partial charge in [0.05, 0.1) is 43.3 Å². The van der Waals surface area contributed by atoms with Crippen LogP contribution in [0.15, 0.2) is 113 Å². The molecule has 33 heteroatoms. The van der Waals surface area contributed by atoms with E-state index in [1.807, 2.05) is 0 Å². The zero-order chi connectivity index (χ0) is 42.1. The predicted octanol–water partition coefficient (Wildman–Crippen LogP) is -9.72. The third-order valence-electron chi connectivity index (χ3n) is 6.96. The molecule has 0 radical (unpaired) electrons. The molecular formula is C27H21N5Na4O18S6. The molecule has 60 heavy (non-hydrogen) atoms. The van der Waals surface area contributed by atoms with E-state index in [1.54, 1.807) is 0 Å². The monoisotopic (exact) mass is 987 g/mol. The van der Waals surface area contributed by atoms with Gasteiger partial charge in [0, 0.05) is 16.2 Å². The van der Waals surface area contributed by atoms with Gasteiger partial charge in [-0.15, -0.1) is 15.3 Å². The average molecular weight is 988 g/mol. The Kier molecular flexibility index (Phi) is 22.6. The summed E-state index contributed by atoms with van der Waals surface area (Å²) in [4.78, 5) is -3.59. The maximum absolute atomic E-state index is 12.4. The van der Waals surface area contributed by atoms with Gasteiger partial charge in [0.25, 0.3) is 0 Å². The van der Waals surface area contributed by atoms with Gasteiger partial charge in [-0.05, 0) is 60.7 Å². The molecule has 4 aromatic carbocycles. The fourth-order valence-electron chi connectivity index (χ4n) is 4.45. The molecule has 0 saturated carbocycles. The molecule has 0 unspecified atom stereocenters. The standard InChI is InChI=1S/C27H25N5O18S6.4Na/c1-2-51(34,35)18-7-9-21(23(13-18)54(41,42)43)30-31-25-20-14-24(55(44,45)46)26(27(33)19(20)8-10-22(25)28-15-53(38,39)40)32-29-16-3-5-17(6-4-16)52(36,37)12-11-50-56(47,48)49;;;;/h2-10,13-14,28,33H,1,11-12,15H2,(H,38,39,40)(H,41,42,43)(H,44,45,46)(H,47,48,49);;;;/q;4*+1/p-4. The number of fused-ring (bicyclic) bond motifs is 1. The van der Waals surface area contributed by atoms with E-state index in [1.165, 1.54) is 0 Å². The van der Waals surface area contributed by atoms with Crippen molar-refractivity contribution in [3.05, 3.63) is 72.7 Å². The topological polar surface area (TPSA) is 388 Å². The fraction of sp³-hybridized carbons (Fsp3) is 0.111. The molecule has 0 saturated heterocycles. The van der Waals surface area contributed by atoms with E-state index in [0.29, 0.717) is 17.5 Å². The maximum Gasteiger partial charge on any atom is 1.00 e. The van der Waals surface area contributed by atoms with Gasteiger partial charge in [-0.1, -0.05) is 6.58 Å². The van der Waals surface area contributed by atoms with Gasteiger partial charge in [0.1, 0.15) is 53.3 Å². The number of hydrogen-bond donors (Lipinski definition) is 2. The number of azo groups is 2. The smallest absolute Gasteiger partial charge is 0.747 e. The number of sulfone groups is 2. The first-order valence-electron chi connectivity index (χ1n) is 14.3. The van der Waals surface area contributed by atoms with Crippen molar-refractivity contribution in [3.63, 3.8) is 0 Å². The van der Waals surface area contributed by atoms with E-state index in [4.69, 9.17) is 0 Å². The molecule has 0 aliphatic heterocycles. The van der Waals surface area contributed by atoms with Crippen LogP contribution in [0.1, 0.15) is 0 Å². The predicted molar refractivity (Wildman–Crippen MR) is 186 cm³/mol. The number of benzene rings is 4. The normalized spacial score (nSPS) is 12.5. The molecule has 2 N–H and O–H groups in total. The number of anilines is 1. The molecule has 0 atom stereocenters. The van der Waals surface area contributed by atoms with Crippen LogP contribution >= 0.6 is 0 Å². The van der Waals surface area contributed by atoms with E-state index in [0.717, 1.165) is 48.5 Å². The second kappa shape index (κ2) is 22.9. The van der Waals surface area contributed by atoms with Gasteiger partial charge in [-0.2, -0.15) is 5.11 Å². The van der Waals surface area contributed by atoms with E-state index >= 15 is 0 Å². The summed E-state index contributed by atoms with van der Waals surface area (Å²) in [6.45, 7) is 2.10. The van der Waals surface area contributed by atoms with Crippen LogP contribution < -0.4 is 124 Å². The SMILES string of the molecule is C=CS(=O)(=O)c1ccc(N=Nc2c(NCS(=O)(=O)[O-])ccc3c(O)c(N=Nc4ccc(S(=O)(=O)CCOS(=O)(=O)[O-])cc4)c(S(=O)(=O)[O-])cc23)c(S(=O)(=O)[O-])c1.[Na+].[Na+].[Na+].[Na+]. The third-order valence-corrected chi connectivity index (χ3v) is 12.7. The summed E-state index contributed by atoms with van der Waals surface area (Å²) < 4.78 is 192. The van der Waals surface area contributed by atoms with Gasteiger partial charge in [0.15, 0.2) is 25.4 Å². The zero-order valence-electron chi connectivity index (χ0n) is 31.3. The Morgan fingerprint density at radius 1 is 0.650 bits per heavy atom.